The van der Waals surface area contributed by atoms with Gasteiger partial charge in [0.25, 0.3) is 5.91 Å². The highest BCUT2D eigenvalue weighted by Crippen LogP contribution is 2.24. The van der Waals surface area contributed by atoms with Gasteiger partial charge in [0, 0.05) is 5.56 Å². The van der Waals surface area contributed by atoms with Crippen LogP contribution in [0.15, 0.2) is 27.9 Å². The second-order valence-corrected chi connectivity index (χ2v) is 6.78. The van der Waals surface area contributed by atoms with Crippen LogP contribution in [0.1, 0.15) is 21.7 Å². The van der Waals surface area contributed by atoms with Crippen LogP contribution >= 0.6 is 23.2 Å². The van der Waals surface area contributed by atoms with Crippen LogP contribution in [0.3, 0.4) is 0 Å². The molecular formula is C15H16Cl2N9O2+. The highest BCUT2D eigenvalue weighted by atomic mass is 35.5. The van der Waals surface area contributed by atoms with Crippen molar-refractivity contribution in [3.05, 3.63) is 45.2 Å². The van der Waals surface area contributed by atoms with E-state index in [0.29, 0.717) is 27.8 Å². The molecule has 0 radical (unpaired) electrons. The number of amides is 1. The lowest BCUT2D eigenvalue weighted by Crippen LogP contribution is -3.04. The van der Waals surface area contributed by atoms with Crippen molar-refractivity contribution in [2.45, 2.75) is 6.54 Å². The number of hydrogen-bond donors (Lipinski definition) is 3. The molecule has 146 valence electrons. The third-order valence-electron chi connectivity index (χ3n) is 3.55. The first-order valence-electron chi connectivity index (χ1n) is 7.98. The summed E-state index contributed by atoms with van der Waals surface area (Å²) in [5, 5.41) is 19.7. The molecule has 1 aromatic carbocycles. The van der Waals surface area contributed by atoms with E-state index >= 15 is 0 Å². The fourth-order valence-corrected chi connectivity index (χ4v) is 2.67. The fourth-order valence-electron chi connectivity index (χ4n) is 2.31. The number of nitrogens with zero attached hydrogens (tertiary/aromatic N) is 6. The highest BCUT2D eigenvalue weighted by molar-refractivity contribution is 6.43. The molecule has 0 fully saturated rings. The zero-order valence-corrected chi connectivity index (χ0v) is 16.4. The predicted molar refractivity (Wildman–Crippen MR) is 102 cm³/mol. The topological polar surface area (TPSA) is 142 Å². The molecule has 13 heteroatoms. The maximum absolute atomic E-state index is 12.6. The van der Waals surface area contributed by atoms with Crippen LogP contribution in [0.4, 0.5) is 5.82 Å². The van der Waals surface area contributed by atoms with Crippen LogP contribution in [-0.2, 0) is 6.54 Å². The Labute approximate surface area is 169 Å². The van der Waals surface area contributed by atoms with Crippen molar-refractivity contribution in [3.8, 4) is 5.82 Å². The van der Waals surface area contributed by atoms with E-state index < -0.39 is 5.91 Å². The summed E-state index contributed by atoms with van der Waals surface area (Å²) < 4.78 is 5.91. The van der Waals surface area contributed by atoms with Crippen LogP contribution in [0.5, 0.6) is 0 Å². The number of benzene rings is 1. The lowest BCUT2D eigenvalue weighted by atomic mass is 10.2. The van der Waals surface area contributed by atoms with Crippen LogP contribution in [0, 0.1) is 0 Å². The van der Waals surface area contributed by atoms with Gasteiger partial charge >= 0.3 is 0 Å². The van der Waals surface area contributed by atoms with Crippen LogP contribution in [0.25, 0.3) is 5.82 Å². The molecule has 0 atom stereocenters. The van der Waals surface area contributed by atoms with E-state index in [4.69, 9.17) is 28.9 Å². The van der Waals surface area contributed by atoms with Crippen LogP contribution in [-0.4, -0.2) is 51.5 Å². The number of hydrogen-bond acceptors (Lipinski definition) is 8. The number of nitrogen functional groups attached to an aromatic ring is 1. The maximum atomic E-state index is 12.6. The molecule has 3 aromatic rings. The van der Waals surface area contributed by atoms with Gasteiger partial charge in [0.05, 0.1) is 30.4 Å². The Morgan fingerprint density at radius 2 is 2.18 bits per heavy atom. The summed E-state index contributed by atoms with van der Waals surface area (Å²) >= 11 is 12.0. The first kappa shape index (κ1) is 19.7. The molecule has 0 aliphatic carbocycles. The number of hydrazone groups is 1. The minimum absolute atomic E-state index is 0.0282. The van der Waals surface area contributed by atoms with Crippen molar-refractivity contribution in [1.29, 1.82) is 0 Å². The van der Waals surface area contributed by atoms with E-state index in [9.17, 15) is 4.79 Å². The molecule has 0 unspecified atom stereocenters. The Morgan fingerprint density at radius 3 is 2.86 bits per heavy atom. The zero-order valence-electron chi connectivity index (χ0n) is 14.8. The second-order valence-electron chi connectivity index (χ2n) is 6.00. The van der Waals surface area contributed by atoms with E-state index in [1.54, 1.807) is 18.2 Å². The largest absolute Gasteiger partial charge is 0.378 e. The van der Waals surface area contributed by atoms with E-state index in [1.807, 2.05) is 14.1 Å². The van der Waals surface area contributed by atoms with Crippen molar-refractivity contribution >= 4 is 41.1 Å². The Morgan fingerprint density at radius 1 is 1.39 bits per heavy atom. The normalized spacial score (nSPS) is 11.5. The number of quaternary nitrogens is 1. The smallest absolute Gasteiger partial charge is 0.294 e. The van der Waals surface area contributed by atoms with Crippen molar-refractivity contribution in [2.75, 3.05) is 19.8 Å². The minimum Gasteiger partial charge on any atom is -0.378 e. The Kier molecular flexibility index (Phi) is 5.87. The van der Waals surface area contributed by atoms with Gasteiger partial charge in [0.2, 0.25) is 11.6 Å². The van der Waals surface area contributed by atoms with Crippen LogP contribution < -0.4 is 16.1 Å². The number of carbonyl (C=O) groups excluding carboxylic acids is 1. The van der Waals surface area contributed by atoms with Gasteiger partial charge in [-0.1, -0.05) is 40.5 Å². The van der Waals surface area contributed by atoms with Gasteiger partial charge in [0.15, 0.2) is 5.69 Å². The molecule has 0 aliphatic heterocycles. The molecule has 4 N–H and O–H groups in total. The SMILES string of the molecule is C[NH+](C)Cc1c(C(=O)N/N=C\c2cccc(Cl)c2Cl)nnn1-c1nonc1N. The number of halogens is 2. The molecule has 0 saturated heterocycles. The zero-order chi connectivity index (χ0) is 20.3. The van der Waals surface area contributed by atoms with Gasteiger partial charge in [-0.05, 0) is 16.4 Å². The Bertz CT molecular complexity index is 1030. The summed E-state index contributed by atoms with van der Waals surface area (Å²) in [5.74, 6) is -0.385. The Balaban J connectivity index is 1.85. The molecule has 1 amide bonds. The van der Waals surface area contributed by atoms with Gasteiger partial charge in [-0.3, -0.25) is 4.79 Å². The van der Waals surface area contributed by atoms with E-state index in [1.165, 1.54) is 10.9 Å². The summed E-state index contributed by atoms with van der Waals surface area (Å²) in [6.07, 6.45) is 1.38. The Hall–Kier alpha value is -3.02. The van der Waals surface area contributed by atoms with Crippen LogP contribution in [0.2, 0.25) is 10.0 Å². The summed E-state index contributed by atoms with van der Waals surface area (Å²) in [5.41, 5.74) is 9.20. The first-order valence-corrected chi connectivity index (χ1v) is 8.73. The standard InChI is InChI=1S/C15H15Cl2N9O2/c1-25(2)7-10-12(20-24-26(10)14-13(18)22-28-23-14)15(27)21-19-6-8-4-3-5-9(16)11(8)17/h3-6H,7H2,1-2H3,(H2,18,22)(H,21,27)/p+1/b19-6-. The summed E-state index contributed by atoms with van der Waals surface area (Å²) in [4.78, 5) is 13.6. The quantitative estimate of drug-likeness (QED) is 0.371. The molecule has 0 spiro atoms. The van der Waals surface area contributed by atoms with E-state index in [-0.39, 0.29) is 17.3 Å². The summed E-state index contributed by atoms with van der Waals surface area (Å²) in [6, 6.07) is 5.08. The average molecular weight is 425 g/mol. The minimum atomic E-state index is -0.563. The number of nitrogens with two attached hydrogens (primary N) is 1. The third kappa shape index (κ3) is 4.11. The average Bonchev–Trinajstić information content (AvgIpc) is 3.24. The van der Waals surface area contributed by atoms with Crippen molar-refractivity contribution in [3.63, 3.8) is 0 Å². The van der Waals surface area contributed by atoms with Gasteiger partial charge in [-0.15, -0.1) is 5.10 Å². The van der Waals surface area contributed by atoms with Crippen molar-refractivity contribution in [1.82, 2.24) is 30.7 Å². The van der Waals surface area contributed by atoms with E-state index in [0.717, 1.165) is 4.90 Å². The summed E-state index contributed by atoms with van der Waals surface area (Å²) in [7, 11) is 3.81. The molecule has 3 rings (SSSR count). The predicted octanol–water partition coefficient (Wildman–Crippen LogP) is -0.0523. The lowest BCUT2D eigenvalue weighted by molar-refractivity contribution is -0.873. The monoisotopic (exact) mass is 424 g/mol. The van der Waals surface area contributed by atoms with Gasteiger partial charge in [0.1, 0.15) is 12.2 Å². The molecule has 2 heterocycles. The van der Waals surface area contributed by atoms with Crippen molar-refractivity contribution in [2.24, 2.45) is 5.10 Å². The number of nitrogens with one attached hydrogen (secondary N) is 2. The second kappa shape index (κ2) is 8.33. The molecule has 0 aliphatic rings. The number of aromatic nitrogens is 5. The fraction of sp³-hybridized carbons (Fsp3) is 0.200. The third-order valence-corrected chi connectivity index (χ3v) is 4.38. The van der Waals surface area contributed by atoms with Crippen molar-refractivity contribution < 1.29 is 14.3 Å². The maximum Gasteiger partial charge on any atom is 0.294 e. The van der Waals surface area contributed by atoms with E-state index in [2.05, 4.69) is 35.8 Å². The number of anilines is 1. The molecule has 0 saturated carbocycles. The van der Waals surface area contributed by atoms with Gasteiger partial charge in [-0.25, -0.2) is 10.1 Å². The van der Waals surface area contributed by atoms with Gasteiger partial charge < -0.3 is 10.6 Å². The molecule has 2 aromatic heterocycles. The molecule has 28 heavy (non-hydrogen) atoms. The number of rotatable bonds is 6. The molecule has 0 bridgehead atoms. The lowest BCUT2D eigenvalue weighted by Gasteiger charge is -2.08. The first-order chi connectivity index (χ1) is 13.4. The number of carbonyl (C=O) groups is 1. The summed E-state index contributed by atoms with van der Waals surface area (Å²) in [6.45, 7) is 0.409. The molecular weight excluding hydrogens is 409 g/mol. The van der Waals surface area contributed by atoms with Gasteiger partial charge in [-0.2, -0.15) is 9.78 Å². The molecule has 11 nitrogen and oxygen atoms in total. The highest BCUT2D eigenvalue weighted by Gasteiger charge is 2.25.